The van der Waals surface area contributed by atoms with Crippen molar-refractivity contribution < 1.29 is 9.53 Å². The van der Waals surface area contributed by atoms with Gasteiger partial charge < -0.3 is 15.0 Å². The van der Waals surface area contributed by atoms with Crippen LogP contribution in [0.25, 0.3) is 0 Å². The standard InChI is InChI=1S/C19H18N2O2/c22-18-19(14-6-2-3-7-15(14)20-18)11-13-5-1-4-8-16(13)21-9-10-23-12-17(19)21/h1-8,17H,9-12H2,(H,20,22)/t17-,19-/m1/s1. The number of anilines is 2. The highest BCUT2D eigenvalue weighted by Crippen LogP contribution is 2.49. The number of fused-ring (bicyclic) bond motifs is 6. The van der Waals surface area contributed by atoms with Gasteiger partial charge in [-0.1, -0.05) is 36.4 Å². The van der Waals surface area contributed by atoms with Crippen molar-refractivity contribution in [2.75, 3.05) is 30.0 Å². The van der Waals surface area contributed by atoms with Crippen molar-refractivity contribution in [3.8, 4) is 0 Å². The zero-order valence-corrected chi connectivity index (χ0v) is 12.8. The third-order valence-electron chi connectivity index (χ3n) is 5.53. The summed E-state index contributed by atoms with van der Waals surface area (Å²) in [6.45, 7) is 2.14. The number of nitrogens with zero attached hydrogens (tertiary/aromatic N) is 1. The van der Waals surface area contributed by atoms with Crippen LogP contribution in [0, 0.1) is 0 Å². The number of carbonyl (C=O) groups is 1. The molecule has 5 rings (SSSR count). The van der Waals surface area contributed by atoms with Gasteiger partial charge in [-0.05, 0) is 29.7 Å². The summed E-state index contributed by atoms with van der Waals surface area (Å²) >= 11 is 0. The Labute approximate surface area is 135 Å². The van der Waals surface area contributed by atoms with Gasteiger partial charge in [-0.25, -0.2) is 0 Å². The van der Waals surface area contributed by atoms with Crippen molar-refractivity contribution >= 4 is 17.3 Å². The Morgan fingerprint density at radius 1 is 1.13 bits per heavy atom. The quantitative estimate of drug-likeness (QED) is 0.812. The zero-order valence-electron chi connectivity index (χ0n) is 12.8. The Balaban J connectivity index is 1.76. The van der Waals surface area contributed by atoms with Crippen LogP contribution in [0.2, 0.25) is 0 Å². The Kier molecular flexibility index (Phi) is 2.62. The molecule has 1 spiro atoms. The smallest absolute Gasteiger partial charge is 0.237 e. The van der Waals surface area contributed by atoms with Gasteiger partial charge in [-0.3, -0.25) is 4.79 Å². The van der Waals surface area contributed by atoms with Crippen LogP contribution in [0.5, 0.6) is 0 Å². The van der Waals surface area contributed by atoms with Gasteiger partial charge in [-0.2, -0.15) is 0 Å². The van der Waals surface area contributed by atoms with Crippen molar-refractivity contribution in [1.29, 1.82) is 0 Å². The molecule has 23 heavy (non-hydrogen) atoms. The molecule has 0 bridgehead atoms. The number of carbonyl (C=O) groups excluding carboxylic acids is 1. The van der Waals surface area contributed by atoms with Crippen molar-refractivity contribution in [3.63, 3.8) is 0 Å². The van der Waals surface area contributed by atoms with Crippen molar-refractivity contribution in [1.82, 2.24) is 0 Å². The predicted molar refractivity (Wildman–Crippen MR) is 88.8 cm³/mol. The van der Waals surface area contributed by atoms with E-state index < -0.39 is 5.41 Å². The van der Waals surface area contributed by atoms with Gasteiger partial charge in [0.15, 0.2) is 0 Å². The monoisotopic (exact) mass is 306 g/mol. The SMILES string of the molecule is O=C1Nc2ccccc2[C@@]12Cc1ccccc1N1CCOC[C@@H]12. The van der Waals surface area contributed by atoms with E-state index in [1.54, 1.807) is 0 Å². The summed E-state index contributed by atoms with van der Waals surface area (Å²) in [5, 5.41) is 3.10. The highest BCUT2D eigenvalue weighted by atomic mass is 16.5. The third-order valence-corrected chi connectivity index (χ3v) is 5.53. The molecule has 116 valence electrons. The lowest BCUT2D eigenvalue weighted by Gasteiger charge is -2.50. The maximum absolute atomic E-state index is 13.1. The van der Waals surface area contributed by atoms with Crippen LogP contribution < -0.4 is 10.2 Å². The Morgan fingerprint density at radius 3 is 2.91 bits per heavy atom. The van der Waals surface area contributed by atoms with E-state index in [-0.39, 0.29) is 11.9 Å². The summed E-state index contributed by atoms with van der Waals surface area (Å²) in [6, 6.07) is 16.6. The van der Waals surface area contributed by atoms with Gasteiger partial charge in [0, 0.05) is 17.9 Å². The van der Waals surface area contributed by atoms with E-state index in [2.05, 4.69) is 40.5 Å². The minimum absolute atomic E-state index is 0.0507. The molecule has 0 saturated carbocycles. The fraction of sp³-hybridized carbons (Fsp3) is 0.316. The minimum atomic E-state index is -0.550. The van der Waals surface area contributed by atoms with Crippen molar-refractivity contribution in [2.24, 2.45) is 0 Å². The first-order valence-corrected chi connectivity index (χ1v) is 8.14. The van der Waals surface area contributed by atoms with Crippen LogP contribution in [0.4, 0.5) is 11.4 Å². The van der Waals surface area contributed by atoms with E-state index in [4.69, 9.17) is 4.74 Å². The van der Waals surface area contributed by atoms with Gasteiger partial charge in [-0.15, -0.1) is 0 Å². The van der Waals surface area contributed by atoms with Gasteiger partial charge in [0.25, 0.3) is 0 Å². The van der Waals surface area contributed by atoms with E-state index in [0.717, 1.165) is 24.2 Å². The van der Waals surface area contributed by atoms with Crippen LogP contribution in [0.3, 0.4) is 0 Å². The van der Waals surface area contributed by atoms with Crippen molar-refractivity contribution in [2.45, 2.75) is 17.9 Å². The minimum Gasteiger partial charge on any atom is -0.377 e. The van der Waals surface area contributed by atoms with Crippen LogP contribution in [0.1, 0.15) is 11.1 Å². The molecule has 3 aliphatic rings. The molecule has 1 amide bonds. The highest BCUT2D eigenvalue weighted by Gasteiger charge is 2.57. The molecule has 2 atom stereocenters. The number of hydrogen-bond acceptors (Lipinski definition) is 3. The van der Waals surface area contributed by atoms with Gasteiger partial charge >= 0.3 is 0 Å². The maximum atomic E-state index is 13.1. The van der Waals surface area contributed by atoms with E-state index >= 15 is 0 Å². The first kappa shape index (κ1) is 13.1. The maximum Gasteiger partial charge on any atom is 0.237 e. The fourth-order valence-corrected chi connectivity index (χ4v) is 4.50. The van der Waals surface area contributed by atoms with E-state index in [9.17, 15) is 4.79 Å². The molecule has 3 aliphatic heterocycles. The lowest BCUT2D eigenvalue weighted by molar-refractivity contribution is -0.123. The van der Waals surface area contributed by atoms with Gasteiger partial charge in [0.05, 0.1) is 19.3 Å². The Bertz CT molecular complexity index is 803. The molecular weight excluding hydrogens is 288 g/mol. The molecule has 1 fully saturated rings. The molecule has 0 aromatic heterocycles. The highest BCUT2D eigenvalue weighted by molar-refractivity contribution is 6.08. The number of rotatable bonds is 0. The predicted octanol–water partition coefficient (Wildman–Crippen LogP) is 2.34. The van der Waals surface area contributed by atoms with Crippen LogP contribution in [0.15, 0.2) is 48.5 Å². The lowest BCUT2D eigenvalue weighted by atomic mass is 9.67. The van der Waals surface area contributed by atoms with Crippen LogP contribution >= 0.6 is 0 Å². The summed E-state index contributed by atoms with van der Waals surface area (Å²) in [6.07, 6.45) is 0.733. The summed E-state index contributed by atoms with van der Waals surface area (Å²) in [5.41, 5.74) is 4.01. The van der Waals surface area contributed by atoms with E-state index in [0.29, 0.717) is 13.2 Å². The fourth-order valence-electron chi connectivity index (χ4n) is 4.50. The summed E-state index contributed by atoms with van der Waals surface area (Å²) in [7, 11) is 0. The number of para-hydroxylation sites is 2. The van der Waals surface area contributed by atoms with E-state index in [1.807, 2.05) is 18.2 Å². The average Bonchev–Trinajstić information content (AvgIpc) is 2.88. The third kappa shape index (κ3) is 1.61. The molecule has 1 saturated heterocycles. The largest absolute Gasteiger partial charge is 0.377 e. The molecule has 2 aromatic rings. The number of morpholine rings is 1. The van der Waals surface area contributed by atoms with Crippen LogP contribution in [-0.4, -0.2) is 31.7 Å². The number of benzene rings is 2. The summed E-state index contributed by atoms with van der Waals surface area (Å²) in [4.78, 5) is 15.5. The molecule has 1 N–H and O–H groups in total. The molecule has 0 aliphatic carbocycles. The first-order chi connectivity index (χ1) is 11.3. The molecule has 0 radical (unpaired) electrons. The van der Waals surface area contributed by atoms with Crippen molar-refractivity contribution in [3.05, 3.63) is 59.7 Å². The lowest BCUT2D eigenvalue weighted by Crippen LogP contribution is -2.63. The first-order valence-electron chi connectivity index (χ1n) is 8.14. The summed E-state index contributed by atoms with van der Waals surface area (Å²) < 4.78 is 5.78. The molecule has 0 unspecified atom stereocenters. The normalized spacial score (nSPS) is 28.1. The van der Waals surface area contributed by atoms with Crippen LogP contribution in [-0.2, 0) is 21.4 Å². The van der Waals surface area contributed by atoms with E-state index in [1.165, 1.54) is 11.3 Å². The molecular formula is C19H18N2O2. The second-order valence-corrected chi connectivity index (χ2v) is 6.56. The molecule has 4 heteroatoms. The number of nitrogens with one attached hydrogen (secondary N) is 1. The Hall–Kier alpha value is -2.33. The van der Waals surface area contributed by atoms with Gasteiger partial charge in [0.1, 0.15) is 5.41 Å². The number of ether oxygens (including phenoxy) is 1. The number of hydrogen-bond donors (Lipinski definition) is 1. The Morgan fingerprint density at radius 2 is 1.96 bits per heavy atom. The molecule has 3 heterocycles. The summed E-state index contributed by atoms with van der Waals surface area (Å²) in [5.74, 6) is 0.105. The zero-order chi connectivity index (χ0) is 15.4. The second kappa shape index (κ2) is 4.59. The number of amides is 1. The average molecular weight is 306 g/mol. The molecule has 4 nitrogen and oxygen atoms in total. The topological polar surface area (TPSA) is 41.6 Å². The molecule has 2 aromatic carbocycles. The van der Waals surface area contributed by atoms with Gasteiger partial charge in [0.2, 0.25) is 5.91 Å². The second-order valence-electron chi connectivity index (χ2n) is 6.56.